The monoisotopic (exact) mass is 564 g/mol. The average molecular weight is 565 g/mol. The molecule has 218 valence electrons. The van der Waals surface area contributed by atoms with E-state index in [-0.39, 0.29) is 30.7 Å². The predicted octanol–water partition coefficient (Wildman–Crippen LogP) is 3.09. The number of amides is 2. The van der Waals surface area contributed by atoms with Gasteiger partial charge in [0, 0.05) is 12.1 Å². The Morgan fingerprint density at radius 3 is 2.41 bits per heavy atom. The largest absolute Gasteiger partial charge is 0.493 e. The summed E-state index contributed by atoms with van der Waals surface area (Å²) in [6.07, 6.45) is 5.67. The Hall–Kier alpha value is -4.61. The summed E-state index contributed by atoms with van der Waals surface area (Å²) in [4.78, 5) is 29.9. The van der Waals surface area contributed by atoms with Crippen molar-refractivity contribution in [2.75, 3.05) is 14.2 Å². The molecule has 12 heteroatoms. The lowest BCUT2D eigenvalue weighted by Gasteiger charge is -2.27. The van der Waals surface area contributed by atoms with Gasteiger partial charge in [-0.2, -0.15) is 4.99 Å². The number of rotatable bonds is 11. The van der Waals surface area contributed by atoms with E-state index in [0.29, 0.717) is 35.0 Å². The van der Waals surface area contributed by atoms with Gasteiger partial charge in [0.15, 0.2) is 17.5 Å². The van der Waals surface area contributed by atoms with Crippen molar-refractivity contribution in [3.05, 3.63) is 53.6 Å². The van der Waals surface area contributed by atoms with Gasteiger partial charge in [0.05, 0.1) is 20.6 Å². The first-order chi connectivity index (χ1) is 19.8. The highest BCUT2D eigenvalue weighted by atomic mass is 16.5. The first kappa shape index (κ1) is 29.4. The fraction of sp³-hybridized carbons (Fsp3) is 0.414. The van der Waals surface area contributed by atoms with Crippen molar-refractivity contribution in [2.24, 2.45) is 16.6 Å². The number of benzene rings is 2. The van der Waals surface area contributed by atoms with Gasteiger partial charge in [0.2, 0.25) is 5.91 Å². The minimum atomic E-state index is -0.642. The van der Waals surface area contributed by atoms with Gasteiger partial charge in [0.1, 0.15) is 6.04 Å². The van der Waals surface area contributed by atoms with E-state index in [1.54, 1.807) is 37.4 Å². The standard InChI is InChI=1S/C29H36N6O6/c1-39-23-13-10-20(15-24(23)40-2)16-25(36)33-28(30)32-22(14-18-6-4-3-5-7-18)26(37)31-17-19-8-11-21(12-9-19)27-34-35-29(38)41-27/h8-13,15,18,22H,3-7,14,16-17H2,1-2H3,(H,31,37)(H,35,38)(H3,30,32,33,36). The Labute approximate surface area is 238 Å². The van der Waals surface area contributed by atoms with Gasteiger partial charge in [-0.1, -0.05) is 55.4 Å². The minimum Gasteiger partial charge on any atom is -0.493 e. The smallest absolute Gasteiger partial charge is 0.412 e. The maximum Gasteiger partial charge on any atom is 0.412 e. The van der Waals surface area contributed by atoms with Crippen LogP contribution in [0.5, 0.6) is 17.6 Å². The molecule has 0 bridgehead atoms. The third kappa shape index (κ3) is 8.44. The van der Waals surface area contributed by atoms with Crippen LogP contribution in [0.25, 0.3) is 11.5 Å². The first-order valence-electron chi connectivity index (χ1n) is 13.6. The molecular weight excluding hydrogens is 528 g/mol. The zero-order valence-corrected chi connectivity index (χ0v) is 23.3. The number of nitrogens with two attached hydrogens (primary N) is 1. The van der Waals surface area contributed by atoms with E-state index in [4.69, 9.17) is 19.6 Å². The van der Waals surface area contributed by atoms with Gasteiger partial charge < -0.3 is 35.4 Å². The molecule has 1 aliphatic rings. The third-order valence-corrected chi connectivity index (χ3v) is 7.06. The van der Waals surface area contributed by atoms with Crippen LogP contribution in [-0.4, -0.2) is 53.3 Å². The molecule has 1 aliphatic carbocycles. The zero-order valence-electron chi connectivity index (χ0n) is 23.3. The lowest BCUT2D eigenvalue weighted by molar-refractivity contribution is -0.123. The molecule has 3 aromatic rings. The highest BCUT2D eigenvalue weighted by Crippen LogP contribution is 2.29. The van der Waals surface area contributed by atoms with Crippen LogP contribution in [-0.2, 0) is 22.6 Å². The lowest BCUT2D eigenvalue weighted by atomic mass is 9.84. The van der Waals surface area contributed by atoms with Gasteiger partial charge in [0.25, 0.3) is 11.8 Å². The molecule has 12 nitrogen and oxygen atoms in total. The molecule has 1 atom stereocenters. The van der Waals surface area contributed by atoms with E-state index in [9.17, 15) is 14.7 Å². The van der Waals surface area contributed by atoms with Crippen molar-refractivity contribution in [2.45, 2.75) is 57.5 Å². The number of nitrogens with zero attached hydrogens (tertiary/aromatic N) is 3. The first-order valence-corrected chi connectivity index (χ1v) is 13.6. The molecule has 0 spiro atoms. The van der Waals surface area contributed by atoms with Crippen molar-refractivity contribution < 1.29 is 28.6 Å². The molecule has 5 N–H and O–H groups in total. The van der Waals surface area contributed by atoms with Crippen LogP contribution < -0.4 is 25.8 Å². The highest BCUT2D eigenvalue weighted by Gasteiger charge is 2.25. The van der Waals surface area contributed by atoms with Gasteiger partial charge in [-0.05, 0) is 47.7 Å². The van der Waals surface area contributed by atoms with Crippen molar-refractivity contribution in [3.8, 4) is 29.0 Å². The number of aliphatic imine (C=N–C) groups is 1. The summed E-state index contributed by atoms with van der Waals surface area (Å²) in [6, 6.07) is 11.7. The minimum absolute atomic E-state index is 0.0153. The van der Waals surface area contributed by atoms with Crippen molar-refractivity contribution in [1.29, 1.82) is 0 Å². The van der Waals surface area contributed by atoms with E-state index in [1.165, 1.54) is 13.5 Å². The van der Waals surface area contributed by atoms with E-state index >= 15 is 0 Å². The number of guanidine groups is 1. The molecule has 2 amide bonds. The predicted molar refractivity (Wildman–Crippen MR) is 151 cm³/mol. The Morgan fingerprint density at radius 1 is 1.05 bits per heavy atom. The summed E-state index contributed by atoms with van der Waals surface area (Å²) < 4.78 is 15.6. The number of carbonyl (C=O) groups excluding carboxylic acids is 2. The number of hydrogen-bond acceptors (Lipinski definition) is 8. The zero-order chi connectivity index (χ0) is 29.2. The molecule has 1 heterocycles. The fourth-order valence-electron chi connectivity index (χ4n) is 4.95. The van der Waals surface area contributed by atoms with Crippen LogP contribution in [0.1, 0.15) is 49.7 Å². The highest BCUT2D eigenvalue weighted by molar-refractivity contribution is 5.95. The molecule has 2 aromatic carbocycles. The fourth-order valence-corrected chi connectivity index (χ4v) is 4.95. The molecule has 4 rings (SSSR count). The van der Waals surface area contributed by atoms with Crippen LogP contribution in [0.15, 0.2) is 51.9 Å². The summed E-state index contributed by atoms with van der Waals surface area (Å²) in [7, 11) is 3.07. The van der Waals surface area contributed by atoms with Gasteiger partial charge in [-0.3, -0.25) is 9.59 Å². The summed E-state index contributed by atoms with van der Waals surface area (Å²) in [5.74, 6) is 0.880. The van der Waals surface area contributed by atoms with E-state index in [0.717, 1.165) is 31.2 Å². The quantitative estimate of drug-likeness (QED) is 0.200. The maximum absolute atomic E-state index is 13.3. The molecule has 0 saturated heterocycles. The molecule has 1 fully saturated rings. The molecule has 41 heavy (non-hydrogen) atoms. The lowest BCUT2D eigenvalue weighted by Crippen LogP contribution is -2.50. The van der Waals surface area contributed by atoms with Crippen LogP contribution >= 0.6 is 0 Å². The van der Waals surface area contributed by atoms with Crippen molar-refractivity contribution in [3.63, 3.8) is 0 Å². The molecule has 1 unspecified atom stereocenters. The number of aromatic nitrogens is 2. The maximum atomic E-state index is 13.3. The Kier molecular flexibility index (Phi) is 10.1. The van der Waals surface area contributed by atoms with Crippen molar-refractivity contribution in [1.82, 2.24) is 20.8 Å². The second kappa shape index (κ2) is 14.1. The Morgan fingerprint density at radius 2 is 1.76 bits per heavy atom. The van der Waals surface area contributed by atoms with Gasteiger partial charge in [-0.25, -0.2) is 0 Å². The van der Waals surface area contributed by atoms with Gasteiger partial charge >= 0.3 is 6.08 Å². The number of methoxy groups -OCH3 is 2. The summed E-state index contributed by atoms with van der Waals surface area (Å²) in [5, 5.41) is 22.4. The van der Waals surface area contributed by atoms with E-state index in [1.807, 2.05) is 12.1 Å². The number of aromatic hydroxyl groups is 1. The molecule has 1 aromatic heterocycles. The Balaban J connectivity index is 1.38. The van der Waals surface area contributed by atoms with Crippen molar-refractivity contribution >= 4 is 17.8 Å². The SMILES string of the molecule is COc1ccc(CC(=O)N=C(N)NC(CC2CCCCC2)C(=O)NCc2ccc(-c3nnc(O)o3)cc2)cc1OC. The number of ether oxygens (including phenoxy) is 2. The molecule has 1 saturated carbocycles. The summed E-state index contributed by atoms with van der Waals surface area (Å²) in [6.45, 7) is 0.284. The topological polar surface area (TPSA) is 174 Å². The number of hydrogen-bond donors (Lipinski definition) is 4. The van der Waals surface area contributed by atoms with Gasteiger partial charge in [-0.15, -0.1) is 5.10 Å². The Bertz CT molecular complexity index is 1350. The normalized spacial score (nSPS) is 14.7. The van der Waals surface area contributed by atoms with E-state index in [2.05, 4.69) is 25.8 Å². The third-order valence-electron chi connectivity index (χ3n) is 7.06. The molecule has 0 aliphatic heterocycles. The average Bonchev–Trinajstić information content (AvgIpc) is 3.42. The molecular formula is C29H36N6O6. The van der Waals surface area contributed by atoms with Crippen LogP contribution in [0.4, 0.5) is 0 Å². The number of nitrogens with one attached hydrogen (secondary N) is 2. The van der Waals surface area contributed by atoms with Crippen LogP contribution in [0, 0.1) is 5.92 Å². The number of carbonyl (C=O) groups is 2. The summed E-state index contributed by atoms with van der Waals surface area (Å²) >= 11 is 0. The second-order valence-corrected chi connectivity index (χ2v) is 10.00. The van der Waals surface area contributed by atoms with Crippen LogP contribution in [0.3, 0.4) is 0 Å². The second-order valence-electron chi connectivity index (χ2n) is 10.00. The van der Waals surface area contributed by atoms with E-state index < -0.39 is 18.0 Å². The summed E-state index contributed by atoms with van der Waals surface area (Å²) in [5.41, 5.74) is 8.31. The van der Waals surface area contributed by atoms with Crippen LogP contribution in [0.2, 0.25) is 0 Å². The molecule has 0 radical (unpaired) electrons.